The van der Waals surface area contributed by atoms with Crippen molar-refractivity contribution in [3.63, 3.8) is 0 Å². The van der Waals surface area contributed by atoms with Crippen molar-refractivity contribution < 1.29 is 4.79 Å². The molecule has 1 aromatic rings. The molecule has 0 aliphatic carbocycles. The summed E-state index contributed by atoms with van der Waals surface area (Å²) < 4.78 is 0. The summed E-state index contributed by atoms with van der Waals surface area (Å²) in [6, 6.07) is 4.21. The first-order chi connectivity index (χ1) is 7.46. The second-order valence-electron chi connectivity index (χ2n) is 4.95. The van der Waals surface area contributed by atoms with Gasteiger partial charge in [0.1, 0.15) is 0 Å². The van der Waals surface area contributed by atoms with Crippen molar-refractivity contribution in [2.75, 3.05) is 11.9 Å². The Labute approximate surface area is 96.0 Å². The van der Waals surface area contributed by atoms with Crippen molar-refractivity contribution in [1.29, 1.82) is 0 Å². The highest BCUT2D eigenvalue weighted by atomic mass is 16.2. The smallest absolute Gasteiger partial charge is 0.234 e. The maximum Gasteiger partial charge on any atom is 0.234 e. The molecule has 0 saturated carbocycles. The van der Waals surface area contributed by atoms with Crippen LogP contribution in [-0.2, 0) is 16.6 Å². The SMILES string of the molecule is Cc1cc(CCN)cc2c1NC(=O)C2(C)C. The van der Waals surface area contributed by atoms with Gasteiger partial charge in [-0.2, -0.15) is 0 Å². The van der Waals surface area contributed by atoms with Gasteiger partial charge < -0.3 is 11.1 Å². The summed E-state index contributed by atoms with van der Waals surface area (Å²) in [5, 5.41) is 2.96. The molecular weight excluding hydrogens is 200 g/mol. The predicted octanol–water partition coefficient (Wildman–Crippen LogP) is 1.73. The Hall–Kier alpha value is -1.35. The summed E-state index contributed by atoms with van der Waals surface area (Å²) in [5.41, 5.74) is 9.56. The largest absolute Gasteiger partial charge is 0.330 e. The molecule has 1 aliphatic heterocycles. The molecule has 0 atom stereocenters. The topological polar surface area (TPSA) is 55.1 Å². The van der Waals surface area contributed by atoms with Gasteiger partial charge in [0.2, 0.25) is 5.91 Å². The lowest BCUT2D eigenvalue weighted by Gasteiger charge is -2.16. The molecule has 0 saturated heterocycles. The van der Waals surface area contributed by atoms with E-state index in [1.54, 1.807) is 0 Å². The van der Waals surface area contributed by atoms with Gasteiger partial charge in [0.15, 0.2) is 0 Å². The summed E-state index contributed by atoms with van der Waals surface area (Å²) >= 11 is 0. The molecule has 1 aliphatic rings. The summed E-state index contributed by atoms with van der Waals surface area (Å²) in [6.07, 6.45) is 0.860. The minimum absolute atomic E-state index is 0.0792. The van der Waals surface area contributed by atoms with Crippen LogP contribution in [0.25, 0.3) is 0 Å². The van der Waals surface area contributed by atoms with Gasteiger partial charge in [-0.25, -0.2) is 0 Å². The first-order valence-electron chi connectivity index (χ1n) is 5.62. The Kier molecular flexibility index (Phi) is 2.50. The number of benzene rings is 1. The highest BCUT2D eigenvalue weighted by Crippen LogP contribution is 2.39. The van der Waals surface area contributed by atoms with Crippen molar-refractivity contribution in [1.82, 2.24) is 0 Å². The van der Waals surface area contributed by atoms with E-state index in [0.717, 1.165) is 23.2 Å². The lowest BCUT2D eigenvalue weighted by Crippen LogP contribution is -2.26. The third-order valence-electron chi connectivity index (χ3n) is 3.31. The van der Waals surface area contributed by atoms with Crippen LogP contribution in [-0.4, -0.2) is 12.5 Å². The van der Waals surface area contributed by atoms with Crippen LogP contribution < -0.4 is 11.1 Å². The van der Waals surface area contributed by atoms with Crippen molar-refractivity contribution in [3.8, 4) is 0 Å². The maximum absolute atomic E-state index is 11.8. The van der Waals surface area contributed by atoms with E-state index < -0.39 is 5.41 Å². The van der Waals surface area contributed by atoms with Crippen LogP contribution in [0.2, 0.25) is 0 Å². The number of hydrogen-bond donors (Lipinski definition) is 2. The van der Waals surface area contributed by atoms with Crippen molar-refractivity contribution in [3.05, 3.63) is 28.8 Å². The molecule has 3 N–H and O–H groups in total. The molecule has 0 fully saturated rings. The molecule has 1 heterocycles. The number of fused-ring (bicyclic) bond motifs is 1. The Bertz CT molecular complexity index is 449. The Morgan fingerprint density at radius 1 is 1.38 bits per heavy atom. The van der Waals surface area contributed by atoms with Gasteiger partial charge >= 0.3 is 0 Å². The van der Waals surface area contributed by atoms with E-state index in [1.165, 1.54) is 5.56 Å². The molecule has 0 unspecified atom stereocenters. The molecule has 16 heavy (non-hydrogen) atoms. The highest BCUT2D eigenvalue weighted by Gasteiger charge is 2.39. The molecule has 0 spiro atoms. The maximum atomic E-state index is 11.8. The Balaban J connectivity index is 2.56. The Morgan fingerprint density at radius 3 is 2.69 bits per heavy atom. The molecule has 0 bridgehead atoms. The standard InChI is InChI=1S/C13H18N2O/c1-8-6-9(4-5-14)7-10-11(8)15-12(16)13(10,2)3/h6-7H,4-5,14H2,1-3H3,(H,15,16). The van der Waals surface area contributed by atoms with Gasteiger partial charge in [0.25, 0.3) is 0 Å². The summed E-state index contributed by atoms with van der Waals surface area (Å²) in [7, 11) is 0. The molecule has 3 nitrogen and oxygen atoms in total. The van der Waals surface area contributed by atoms with Crippen LogP contribution >= 0.6 is 0 Å². The second kappa shape index (κ2) is 3.59. The van der Waals surface area contributed by atoms with Gasteiger partial charge in [-0.15, -0.1) is 0 Å². The van der Waals surface area contributed by atoms with E-state index >= 15 is 0 Å². The summed E-state index contributed by atoms with van der Waals surface area (Å²) in [4.78, 5) is 11.8. The van der Waals surface area contributed by atoms with E-state index in [-0.39, 0.29) is 5.91 Å². The second-order valence-corrected chi connectivity index (χ2v) is 4.95. The van der Waals surface area contributed by atoms with Crippen LogP contribution in [0.5, 0.6) is 0 Å². The number of nitrogens with one attached hydrogen (secondary N) is 1. The molecule has 1 aromatic carbocycles. The van der Waals surface area contributed by atoms with E-state index in [2.05, 4.69) is 17.4 Å². The molecule has 1 amide bonds. The lowest BCUT2D eigenvalue weighted by molar-refractivity contribution is -0.119. The molecule has 3 heteroatoms. The molecule has 0 radical (unpaired) electrons. The first kappa shape index (κ1) is 11.1. The first-order valence-corrected chi connectivity index (χ1v) is 5.62. The predicted molar refractivity (Wildman–Crippen MR) is 65.6 cm³/mol. The van der Waals surface area contributed by atoms with Crippen LogP contribution in [0.3, 0.4) is 0 Å². The molecule has 2 rings (SSSR count). The minimum Gasteiger partial charge on any atom is -0.330 e. The monoisotopic (exact) mass is 218 g/mol. The molecular formula is C13H18N2O. The van der Waals surface area contributed by atoms with Gasteiger partial charge in [0, 0.05) is 5.69 Å². The van der Waals surface area contributed by atoms with E-state index in [9.17, 15) is 4.79 Å². The summed E-state index contributed by atoms with van der Waals surface area (Å²) in [6.45, 7) is 6.58. The number of rotatable bonds is 2. The fourth-order valence-corrected chi connectivity index (χ4v) is 2.22. The van der Waals surface area contributed by atoms with E-state index in [0.29, 0.717) is 6.54 Å². The zero-order chi connectivity index (χ0) is 11.9. The number of amides is 1. The number of hydrogen-bond acceptors (Lipinski definition) is 2. The van der Waals surface area contributed by atoms with E-state index in [4.69, 9.17) is 5.73 Å². The zero-order valence-corrected chi connectivity index (χ0v) is 10.1. The van der Waals surface area contributed by atoms with Gasteiger partial charge in [-0.05, 0) is 50.4 Å². The zero-order valence-electron chi connectivity index (χ0n) is 10.1. The van der Waals surface area contributed by atoms with Crippen LogP contribution in [0, 0.1) is 6.92 Å². The van der Waals surface area contributed by atoms with Gasteiger partial charge in [-0.1, -0.05) is 12.1 Å². The fourth-order valence-electron chi connectivity index (χ4n) is 2.22. The number of aryl methyl sites for hydroxylation is 1. The number of nitrogens with two attached hydrogens (primary N) is 1. The van der Waals surface area contributed by atoms with E-state index in [1.807, 2.05) is 20.8 Å². The van der Waals surface area contributed by atoms with Crippen LogP contribution in [0.15, 0.2) is 12.1 Å². The lowest BCUT2D eigenvalue weighted by atomic mass is 9.84. The minimum atomic E-state index is -0.426. The highest BCUT2D eigenvalue weighted by molar-refractivity contribution is 6.06. The molecule has 0 aromatic heterocycles. The van der Waals surface area contributed by atoms with Crippen molar-refractivity contribution >= 4 is 11.6 Å². The number of anilines is 1. The van der Waals surface area contributed by atoms with Crippen LogP contribution in [0.4, 0.5) is 5.69 Å². The third-order valence-corrected chi connectivity index (χ3v) is 3.31. The fraction of sp³-hybridized carbons (Fsp3) is 0.462. The quantitative estimate of drug-likeness (QED) is 0.794. The van der Waals surface area contributed by atoms with Gasteiger partial charge in [-0.3, -0.25) is 4.79 Å². The third kappa shape index (κ3) is 1.52. The van der Waals surface area contributed by atoms with Crippen molar-refractivity contribution in [2.45, 2.75) is 32.6 Å². The Morgan fingerprint density at radius 2 is 2.06 bits per heavy atom. The average molecular weight is 218 g/mol. The van der Waals surface area contributed by atoms with Crippen LogP contribution in [0.1, 0.15) is 30.5 Å². The molecule has 86 valence electrons. The average Bonchev–Trinajstić information content (AvgIpc) is 2.42. The normalized spacial score (nSPS) is 17.1. The summed E-state index contributed by atoms with van der Waals surface area (Å²) in [5.74, 6) is 0.0792. The van der Waals surface area contributed by atoms with Crippen molar-refractivity contribution in [2.24, 2.45) is 5.73 Å². The number of carbonyl (C=O) groups is 1. The van der Waals surface area contributed by atoms with Gasteiger partial charge in [0.05, 0.1) is 5.41 Å². The number of carbonyl (C=O) groups excluding carboxylic acids is 1.